The zero-order chi connectivity index (χ0) is 18.1. The molecule has 142 valence electrons. The lowest BCUT2D eigenvalue weighted by atomic mass is 10.0. The van der Waals surface area contributed by atoms with Crippen molar-refractivity contribution in [2.75, 3.05) is 36.4 Å². The van der Waals surface area contributed by atoms with E-state index in [1.807, 2.05) is 0 Å². The molecule has 8 nitrogen and oxygen atoms in total. The molecule has 3 aromatic rings. The third kappa shape index (κ3) is 3.49. The van der Waals surface area contributed by atoms with Crippen molar-refractivity contribution < 1.29 is 4.63 Å². The zero-order valence-electron chi connectivity index (χ0n) is 15.2. The van der Waals surface area contributed by atoms with E-state index in [0.29, 0.717) is 17.3 Å². The van der Waals surface area contributed by atoms with Gasteiger partial charge in [0.1, 0.15) is 0 Å². The van der Waals surface area contributed by atoms with E-state index >= 15 is 0 Å². The Hall–Kier alpha value is -2.26. The van der Waals surface area contributed by atoms with Crippen molar-refractivity contribution in [3.8, 4) is 0 Å². The Morgan fingerprint density at radius 1 is 1.07 bits per heavy atom. The first-order valence-corrected chi connectivity index (χ1v) is 10.5. The third-order valence-corrected chi connectivity index (χ3v) is 6.40. The fraction of sp³-hybridized carbons (Fsp3) is 0.556. The summed E-state index contributed by atoms with van der Waals surface area (Å²) < 4.78 is 4.82. The molecule has 0 aliphatic carbocycles. The average molecular weight is 385 g/mol. The molecule has 0 radical (unpaired) electrons. The van der Waals surface area contributed by atoms with Gasteiger partial charge in [0.25, 0.3) is 0 Å². The summed E-state index contributed by atoms with van der Waals surface area (Å²) in [5, 5.41) is 13.3. The number of nitrogens with zero attached hydrogens (tertiary/aromatic N) is 6. The number of hydrogen-bond donors (Lipinski definition) is 1. The van der Waals surface area contributed by atoms with Gasteiger partial charge in [-0.05, 0) is 60.5 Å². The highest BCUT2D eigenvalue weighted by atomic mass is 32.1. The summed E-state index contributed by atoms with van der Waals surface area (Å²) in [7, 11) is 0. The smallest absolute Gasteiger partial charge is 0.245 e. The van der Waals surface area contributed by atoms with Gasteiger partial charge in [0.05, 0.1) is 6.54 Å². The molecule has 2 saturated heterocycles. The van der Waals surface area contributed by atoms with Crippen molar-refractivity contribution in [3.63, 3.8) is 0 Å². The van der Waals surface area contributed by atoms with E-state index in [0.717, 1.165) is 31.3 Å². The quantitative estimate of drug-likeness (QED) is 0.718. The lowest BCUT2D eigenvalue weighted by Crippen LogP contribution is -2.44. The minimum absolute atomic E-state index is 0.444. The normalized spacial score (nSPS) is 19.2. The molecule has 9 heteroatoms. The van der Waals surface area contributed by atoms with Gasteiger partial charge in [-0.15, -0.1) is 11.3 Å². The molecule has 3 aromatic heterocycles. The standard InChI is InChI=1S/C18H23N7OS/c1-2-8-24(7-1)13-5-9-25(10-6-13)18-17(19-12-14-4-3-11-27-14)20-15-16(21-18)23-26-22-15/h3-4,11,13H,1-2,5-10,12H2,(H,19,20,22). The summed E-state index contributed by atoms with van der Waals surface area (Å²) in [5.74, 6) is 1.61. The van der Waals surface area contributed by atoms with Crippen LogP contribution in [0.25, 0.3) is 11.3 Å². The lowest BCUT2D eigenvalue weighted by molar-refractivity contribution is 0.207. The van der Waals surface area contributed by atoms with Crippen LogP contribution in [0.2, 0.25) is 0 Å². The van der Waals surface area contributed by atoms with Crippen molar-refractivity contribution in [2.24, 2.45) is 0 Å². The Balaban J connectivity index is 1.35. The third-order valence-electron chi connectivity index (χ3n) is 5.53. The number of rotatable bonds is 5. The number of aromatic nitrogens is 4. The van der Waals surface area contributed by atoms with Crippen molar-refractivity contribution >= 4 is 34.3 Å². The summed E-state index contributed by atoms with van der Waals surface area (Å²) in [6, 6.07) is 4.88. The summed E-state index contributed by atoms with van der Waals surface area (Å²) >= 11 is 1.73. The number of likely N-dealkylation sites (tertiary alicyclic amines) is 1. The Labute approximate surface area is 161 Å². The summed E-state index contributed by atoms with van der Waals surface area (Å²) in [6.07, 6.45) is 5.03. The summed E-state index contributed by atoms with van der Waals surface area (Å²) in [6.45, 7) is 5.21. The van der Waals surface area contributed by atoms with Gasteiger partial charge in [0.15, 0.2) is 11.6 Å². The van der Waals surface area contributed by atoms with Crippen molar-refractivity contribution in [2.45, 2.75) is 38.3 Å². The molecule has 5 rings (SSSR count). The van der Waals surface area contributed by atoms with Gasteiger partial charge in [-0.2, -0.15) is 0 Å². The van der Waals surface area contributed by atoms with Gasteiger partial charge >= 0.3 is 0 Å². The van der Waals surface area contributed by atoms with E-state index in [-0.39, 0.29) is 0 Å². The highest BCUT2D eigenvalue weighted by Crippen LogP contribution is 2.29. The van der Waals surface area contributed by atoms with Crippen LogP contribution in [0.1, 0.15) is 30.6 Å². The molecule has 5 heterocycles. The average Bonchev–Trinajstić information content (AvgIpc) is 3.48. The predicted octanol–water partition coefficient (Wildman–Crippen LogP) is 2.75. The fourth-order valence-corrected chi connectivity index (χ4v) is 4.75. The van der Waals surface area contributed by atoms with E-state index in [1.165, 1.54) is 43.6 Å². The fourth-order valence-electron chi connectivity index (χ4n) is 4.10. The van der Waals surface area contributed by atoms with Gasteiger partial charge in [-0.1, -0.05) is 6.07 Å². The summed E-state index contributed by atoms with van der Waals surface area (Å²) in [5.41, 5.74) is 0.910. The molecular weight excluding hydrogens is 362 g/mol. The van der Waals surface area contributed by atoms with E-state index in [1.54, 1.807) is 11.3 Å². The van der Waals surface area contributed by atoms with Crippen LogP contribution in [0.4, 0.5) is 11.6 Å². The Morgan fingerprint density at radius 2 is 1.85 bits per heavy atom. The number of thiophene rings is 1. The highest BCUT2D eigenvalue weighted by Gasteiger charge is 2.28. The van der Waals surface area contributed by atoms with Crippen LogP contribution >= 0.6 is 11.3 Å². The van der Waals surface area contributed by atoms with E-state index in [4.69, 9.17) is 9.61 Å². The maximum atomic E-state index is 4.82. The molecule has 0 saturated carbocycles. The Bertz CT molecular complexity index is 882. The molecule has 27 heavy (non-hydrogen) atoms. The van der Waals surface area contributed by atoms with Gasteiger partial charge in [0.2, 0.25) is 11.3 Å². The first kappa shape index (κ1) is 16.9. The zero-order valence-corrected chi connectivity index (χ0v) is 16.0. The maximum absolute atomic E-state index is 4.82. The van der Waals surface area contributed by atoms with Gasteiger partial charge in [0, 0.05) is 24.0 Å². The maximum Gasteiger partial charge on any atom is 0.245 e. The Kier molecular flexibility index (Phi) is 4.62. The van der Waals surface area contributed by atoms with Crippen LogP contribution in [0, 0.1) is 0 Å². The second-order valence-corrected chi connectivity index (χ2v) is 8.23. The number of fused-ring (bicyclic) bond motifs is 1. The molecule has 0 aromatic carbocycles. The largest absolute Gasteiger partial charge is 0.362 e. The highest BCUT2D eigenvalue weighted by molar-refractivity contribution is 7.09. The van der Waals surface area contributed by atoms with Crippen LogP contribution in [-0.2, 0) is 6.54 Å². The molecule has 1 N–H and O–H groups in total. The van der Waals surface area contributed by atoms with Crippen molar-refractivity contribution in [3.05, 3.63) is 22.4 Å². The second-order valence-electron chi connectivity index (χ2n) is 7.20. The first-order chi connectivity index (χ1) is 13.4. The van der Waals surface area contributed by atoms with Crippen LogP contribution in [0.15, 0.2) is 22.1 Å². The van der Waals surface area contributed by atoms with Gasteiger partial charge in [-0.3, -0.25) is 0 Å². The minimum atomic E-state index is 0.444. The van der Waals surface area contributed by atoms with Crippen molar-refractivity contribution in [1.29, 1.82) is 0 Å². The van der Waals surface area contributed by atoms with Gasteiger partial charge < -0.3 is 15.1 Å². The first-order valence-electron chi connectivity index (χ1n) is 9.62. The number of piperidine rings is 1. The molecule has 0 unspecified atom stereocenters. The topological polar surface area (TPSA) is 83.2 Å². The van der Waals surface area contributed by atoms with Crippen LogP contribution in [0.3, 0.4) is 0 Å². The molecule has 0 bridgehead atoms. The minimum Gasteiger partial charge on any atom is -0.362 e. The SMILES string of the molecule is c1csc(CNc2nc3nonc3nc2N2CCC(N3CCCC3)CC2)c1. The number of hydrogen-bond acceptors (Lipinski definition) is 9. The summed E-state index contributed by atoms with van der Waals surface area (Å²) in [4.78, 5) is 15.6. The van der Waals surface area contributed by atoms with Crippen LogP contribution in [0.5, 0.6) is 0 Å². The molecule has 2 aliphatic heterocycles. The molecule has 0 atom stereocenters. The molecule has 2 aliphatic rings. The predicted molar refractivity (Wildman–Crippen MR) is 105 cm³/mol. The van der Waals surface area contributed by atoms with Gasteiger partial charge in [-0.25, -0.2) is 14.6 Å². The monoisotopic (exact) mass is 385 g/mol. The number of anilines is 2. The van der Waals surface area contributed by atoms with E-state index in [2.05, 4.69) is 47.9 Å². The molecular formula is C18H23N7OS. The second kappa shape index (κ2) is 7.40. The molecule has 0 spiro atoms. The van der Waals surface area contributed by atoms with E-state index in [9.17, 15) is 0 Å². The molecule has 2 fully saturated rings. The Morgan fingerprint density at radius 3 is 2.59 bits per heavy atom. The lowest BCUT2D eigenvalue weighted by Gasteiger charge is -2.37. The van der Waals surface area contributed by atoms with Crippen LogP contribution < -0.4 is 10.2 Å². The number of nitrogens with one attached hydrogen (secondary N) is 1. The van der Waals surface area contributed by atoms with Crippen molar-refractivity contribution in [1.82, 2.24) is 25.2 Å². The molecule has 0 amide bonds. The van der Waals surface area contributed by atoms with E-state index < -0.39 is 0 Å². The van der Waals surface area contributed by atoms with Crippen LogP contribution in [-0.4, -0.2) is 57.4 Å².